The van der Waals surface area contributed by atoms with Crippen molar-refractivity contribution in [3.05, 3.63) is 24.3 Å². The van der Waals surface area contributed by atoms with Gasteiger partial charge in [-0.1, -0.05) is 6.92 Å². The van der Waals surface area contributed by atoms with Crippen LogP contribution in [0.2, 0.25) is 0 Å². The van der Waals surface area contributed by atoms with E-state index in [0.29, 0.717) is 12.2 Å². The summed E-state index contributed by atoms with van der Waals surface area (Å²) in [5.41, 5.74) is 6.17. The second-order valence-corrected chi connectivity index (χ2v) is 7.77. The SMILES string of the molecule is CN1CCC(C)(CNS(=O)(=O)c2ccc(N)cc2)CC1. The number of sulfonamides is 1. The van der Waals surface area contributed by atoms with Crippen LogP contribution in [0.1, 0.15) is 19.8 Å². The Bertz CT molecular complexity index is 546. The Kier molecular flexibility index (Phi) is 4.36. The van der Waals surface area contributed by atoms with Crippen LogP contribution in [-0.2, 0) is 10.0 Å². The number of nitrogens with one attached hydrogen (secondary N) is 1. The number of nitrogen functional groups attached to an aromatic ring is 1. The molecule has 0 unspecified atom stereocenters. The Labute approximate surface area is 121 Å². The number of benzene rings is 1. The van der Waals surface area contributed by atoms with Gasteiger partial charge in [0.15, 0.2) is 0 Å². The molecule has 1 aliphatic heterocycles. The molecule has 0 aliphatic carbocycles. The average Bonchev–Trinajstić information content (AvgIpc) is 2.41. The maximum absolute atomic E-state index is 12.2. The van der Waals surface area contributed by atoms with Gasteiger partial charge in [-0.05, 0) is 62.7 Å². The molecular weight excluding hydrogens is 274 g/mol. The molecule has 1 heterocycles. The molecule has 0 bridgehead atoms. The molecule has 5 nitrogen and oxygen atoms in total. The Morgan fingerprint density at radius 3 is 2.35 bits per heavy atom. The first-order valence-electron chi connectivity index (χ1n) is 6.85. The van der Waals surface area contributed by atoms with Crippen LogP contribution >= 0.6 is 0 Å². The highest BCUT2D eigenvalue weighted by Crippen LogP contribution is 2.29. The van der Waals surface area contributed by atoms with Gasteiger partial charge in [0.1, 0.15) is 0 Å². The molecule has 0 spiro atoms. The van der Waals surface area contributed by atoms with Crippen LogP contribution < -0.4 is 10.5 Å². The minimum absolute atomic E-state index is 0.0351. The van der Waals surface area contributed by atoms with E-state index in [4.69, 9.17) is 5.73 Å². The van der Waals surface area contributed by atoms with Gasteiger partial charge in [-0.25, -0.2) is 13.1 Å². The van der Waals surface area contributed by atoms with Crippen molar-refractivity contribution in [2.24, 2.45) is 5.41 Å². The first-order chi connectivity index (χ1) is 9.31. The van der Waals surface area contributed by atoms with E-state index >= 15 is 0 Å². The molecule has 0 amide bonds. The highest BCUT2D eigenvalue weighted by Gasteiger charge is 2.30. The first-order valence-corrected chi connectivity index (χ1v) is 8.33. The molecule has 2 rings (SSSR count). The Morgan fingerprint density at radius 2 is 1.80 bits per heavy atom. The van der Waals surface area contributed by atoms with Crippen LogP contribution in [0.3, 0.4) is 0 Å². The second-order valence-electron chi connectivity index (χ2n) is 6.01. The normalized spacial score (nSPS) is 19.9. The van der Waals surface area contributed by atoms with Crippen molar-refractivity contribution in [3.63, 3.8) is 0 Å². The summed E-state index contributed by atoms with van der Waals surface area (Å²) < 4.78 is 27.2. The van der Waals surface area contributed by atoms with Crippen LogP contribution in [0.4, 0.5) is 5.69 Å². The highest BCUT2D eigenvalue weighted by atomic mass is 32.2. The quantitative estimate of drug-likeness (QED) is 0.821. The zero-order valence-electron chi connectivity index (χ0n) is 12.1. The molecule has 0 atom stereocenters. The lowest BCUT2D eigenvalue weighted by molar-refractivity contribution is 0.143. The maximum Gasteiger partial charge on any atom is 0.240 e. The molecule has 112 valence electrons. The van der Waals surface area contributed by atoms with E-state index in [-0.39, 0.29) is 10.3 Å². The van der Waals surface area contributed by atoms with Gasteiger partial charge < -0.3 is 10.6 Å². The third kappa shape index (κ3) is 3.71. The second kappa shape index (κ2) is 5.71. The van der Waals surface area contributed by atoms with E-state index in [1.165, 1.54) is 12.1 Å². The Morgan fingerprint density at radius 1 is 1.25 bits per heavy atom. The van der Waals surface area contributed by atoms with Crippen molar-refractivity contribution in [1.29, 1.82) is 0 Å². The Balaban J connectivity index is 2.00. The van der Waals surface area contributed by atoms with Crippen LogP contribution in [0, 0.1) is 5.41 Å². The third-order valence-electron chi connectivity index (χ3n) is 4.07. The van der Waals surface area contributed by atoms with Crippen molar-refractivity contribution in [2.45, 2.75) is 24.7 Å². The molecule has 1 aliphatic rings. The van der Waals surface area contributed by atoms with Gasteiger partial charge in [0.2, 0.25) is 10.0 Å². The molecule has 1 aromatic carbocycles. The number of nitrogens with two attached hydrogens (primary N) is 1. The van der Waals surface area contributed by atoms with Gasteiger partial charge >= 0.3 is 0 Å². The maximum atomic E-state index is 12.2. The predicted molar refractivity (Wildman–Crippen MR) is 80.9 cm³/mol. The van der Waals surface area contributed by atoms with E-state index < -0.39 is 10.0 Å². The van der Waals surface area contributed by atoms with Crippen LogP contribution in [0.15, 0.2) is 29.2 Å². The summed E-state index contributed by atoms with van der Waals surface area (Å²) in [6.07, 6.45) is 2.02. The molecule has 1 fully saturated rings. The van der Waals surface area contributed by atoms with Gasteiger partial charge in [0, 0.05) is 12.2 Å². The number of rotatable bonds is 4. The zero-order valence-corrected chi connectivity index (χ0v) is 12.9. The molecule has 3 N–H and O–H groups in total. The summed E-state index contributed by atoms with van der Waals surface area (Å²) in [7, 11) is -1.35. The molecule has 0 radical (unpaired) electrons. The van der Waals surface area contributed by atoms with Gasteiger partial charge in [-0.3, -0.25) is 0 Å². The summed E-state index contributed by atoms with van der Waals surface area (Å²) in [5.74, 6) is 0. The van der Waals surface area contributed by atoms with Crippen molar-refractivity contribution in [3.8, 4) is 0 Å². The van der Waals surface area contributed by atoms with E-state index in [1.54, 1.807) is 12.1 Å². The van der Waals surface area contributed by atoms with Crippen molar-refractivity contribution in [2.75, 3.05) is 32.4 Å². The molecule has 0 saturated carbocycles. The highest BCUT2D eigenvalue weighted by molar-refractivity contribution is 7.89. The lowest BCUT2D eigenvalue weighted by Crippen LogP contribution is -2.43. The number of likely N-dealkylation sites (tertiary alicyclic amines) is 1. The van der Waals surface area contributed by atoms with E-state index in [1.807, 2.05) is 0 Å². The van der Waals surface area contributed by atoms with Gasteiger partial charge in [0.05, 0.1) is 4.90 Å². The van der Waals surface area contributed by atoms with E-state index in [2.05, 4.69) is 23.6 Å². The molecule has 1 saturated heterocycles. The number of nitrogens with zero attached hydrogens (tertiary/aromatic N) is 1. The summed E-state index contributed by atoms with van der Waals surface area (Å²) in [6, 6.07) is 6.28. The molecule has 6 heteroatoms. The smallest absolute Gasteiger partial charge is 0.240 e. The van der Waals surface area contributed by atoms with Crippen molar-refractivity contribution >= 4 is 15.7 Å². The largest absolute Gasteiger partial charge is 0.399 e. The molecule has 0 aromatic heterocycles. The van der Waals surface area contributed by atoms with Gasteiger partial charge in [-0.2, -0.15) is 0 Å². The third-order valence-corrected chi connectivity index (χ3v) is 5.49. The topological polar surface area (TPSA) is 75.4 Å². The Hall–Kier alpha value is -1.11. The van der Waals surface area contributed by atoms with Crippen molar-refractivity contribution in [1.82, 2.24) is 9.62 Å². The summed E-state index contributed by atoms with van der Waals surface area (Å²) in [4.78, 5) is 2.54. The number of hydrogen-bond acceptors (Lipinski definition) is 4. The van der Waals surface area contributed by atoms with Gasteiger partial charge in [0.25, 0.3) is 0 Å². The van der Waals surface area contributed by atoms with Crippen LogP contribution in [-0.4, -0.2) is 40.0 Å². The summed E-state index contributed by atoms with van der Waals surface area (Å²) in [6.45, 7) is 4.65. The molecule has 1 aromatic rings. The van der Waals surface area contributed by atoms with Crippen LogP contribution in [0.25, 0.3) is 0 Å². The predicted octanol–water partition coefficient (Wildman–Crippen LogP) is 1.28. The van der Waals surface area contributed by atoms with E-state index in [9.17, 15) is 8.42 Å². The fourth-order valence-corrected chi connectivity index (χ4v) is 3.53. The molecule has 20 heavy (non-hydrogen) atoms. The number of piperidine rings is 1. The zero-order chi connectivity index (χ0) is 14.8. The first kappa shape index (κ1) is 15.3. The molecular formula is C14H23N3O2S. The summed E-state index contributed by atoms with van der Waals surface area (Å²) >= 11 is 0. The van der Waals surface area contributed by atoms with E-state index in [0.717, 1.165) is 25.9 Å². The lowest BCUT2D eigenvalue weighted by atomic mass is 9.81. The summed E-state index contributed by atoms with van der Waals surface area (Å²) in [5, 5.41) is 0. The van der Waals surface area contributed by atoms with Gasteiger partial charge in [-0.15, -0.1) is 0 Å². The average molecular weight is 297 g/mol. The minimum atomic E-state index is -3.45. The fourth-order valence-electron chi connectivity index (χ4n) is 2.33. The monoisotopic (exact) mass is 297 g/mol. The van der Waals surface area contributed by atoms with Crippen molar-refractivity contribution < 1.29 is 8.42 Å². The van der Waals surface area contributed by atoms with Crippen LogP contribution in [0.5, 0.6) is 0 Å². The standard InChI is InChI=1S/C14H23N3O2S/c1-14(7-9-17(2)10-8-14)11-16-20(18,19)13-5-3-12(15)4-6-13/h3-6,16H,7-11,15H2,1-2H3. The number of hydrogen-bond donors (Lipinski definition) is 2. The lowest BCUT2D eigenvalue weighted by Gasteiger charge is -2.37. The fraction of sp³-hybridized carbons (Fsp3) is 0.571. The number of anilines is 1. The minimum Gasteiger partial charge on any atom is -0.399 e.